The molecule has 0 unspecified atom stereocenters. The van der Waals surface area contributed by atoms with Gasteiger partial charge in [0.15, 0.2) is 5.82 Å². The van der Waals surface area contributed by atoms with Gasteiger partial charge in [0, 0.05) is 38.2 Å². The quantitative estimate of drug-likeness (QED) is 0.213. The Labute approximate surface area is 252 Å². The Kier molecular flexibility index (Phi) is 5.47. The highest BCUT2D eigenvalue weighted by atomic mass is 16.3. The smallest absolute Gasteiger partial charge is 0.160 e. The Bertz CT molecular complexity index is 2360. The van der Waals surface area contributed by atoms with Gasteiger partial charge >= 0.3 is 0 Å². The van der Waals surface area contributed by atoms with Crippen molar-refractivity contribution in [1.82, 2.24) is 9.97 Å². The minimum absolute atomic E-state index is 0.659. The molecule has 0 saturated carbocycles. The van der Waals surface area contributed by atoms with Crippen molar-refractivity contribution in [1.29, 1.82) is 0 Å². The Morgan fingerprint density at radius 2 is 0.818 bits per heavy atom. The molecule has 0 aliphatic carbocycles. The molecule has 0 saturated heterocycles. The van der Waals surface area contributed by atoms with E-state index in [1.165, 1.54) is 5.56 Å². The zero-order valence-corrected chi connectivity index (χ0v) is 23.6. The van der Waals surface area contributed by atoms with E-state index in [2.05, 4.69) is 78.9 Å². The second-order valence-corrected chi connectivity index (χ2v) is 11.0. The molecule has 0 atom stereocenters. The summed E-state index contributed by atoms with van der Waals surface area (Å²) in [4.78, 5) is 10.4. The Hall–Kier alpha value is -6.00. The van der Waals surface area contributed by atoms with Gasteiger partial charge in [-0.1, -0.05) is 115 Å². The van der Waals surface area contributed by atoms with E-state index in [1.807, 2.05) is 66.7 Å². The molecule has 0 aliphatic heterocycles. The zero-order chi connectivity index (χ0) is 29.0. The predicted octanol–water partition coefficient (Wildman–Crippen LogP) is 10.9. The molecule has 0 amide bonds. The van der Waals surface area contributed by atoms with Gasteiger partial charge in [-0.15, -0.1) is 0 Å². The lowest BCUT2D eigenvalue weighted by atomic mass is 9.99. The lowest BCUT2D eigenvalue weighted by Gasteiger charge is -2.11. The molecule has 0 spiro atoms. The third-order valence-corrected chi connectivity index (χ3v) is 8.33. The fourth-order valence-corrected chi connectivity index (χ4v) is 6.27. The molecular weight excluding hydrogens is 540 g/mol. The van der Waals surface area contributed by atoms with Crippen molar-refractivity contribution < 1.29 is 8.83 Å². The number of fused-ring (bicyclic) bond motifs is 6. The van der Waals surface area contributed by atoms with Crippen molar-refractivity contribution in [3.8, 4) is 45.0 Å². The number of benzene rings is 6. The topological polar surface area (TPSA) is 52.1 Å². The van der Waals surface area contributed by atoms with Crippen LogP contribution in [0.2, 0.25) is 0 Å². The third-order valence-electron chi connectivity index (χ3n) is 8.33. The summed E-state index contributed by atoms with van der Waals surface area (Å²) >= 11 is 0. The van der Waals surface area contributed by atoms with Crippen molar-refractivity contribution in [2.75, 3.05) is 0 Å². The van der Waals surface area contributed by atoms with Crippen molar-refractivity contribution in [2.45, 2.75) is 0 Å². The maximum Gasteiger partial charge on any atom is 0.160 e. The van der Waals surface area contributed by atoms with Gasteiger partial charge in [-0.25, -0.2) is 9.97 Å². The van der Waals surface area contributed by atoms with Crippen LogP contribution in [0, 0.1) is 0 Å². The molecule has 0 radical (unpaired) electrons. The van der Waals surface area contributed by atoms with Gasteiger partial charge in [0.25, 0.3) is 0 Å². The first kappa shape index (κ1) is 24.6. The number of rotatable bonds is 4. The Balaban J connectivity index is 1.30. The summed E-state index contributed by atoms with van der Waals surface area (Å²) in [6.07, 6.45) is 0. The van der Waals surface area contributed by atoms with Gasteiger partial charge in [-0.2, -0.15) is 0 Å². The first-order chi connectivity index (χ1) is 21.8. The maximum atomic E-state index is 6.24. The lowest BCUT2D eigenvalue weighted by Crippen LogP contribution is -1.96. The summed E-state index contributed by atoms with van der Waals surface area (Å²) in [6, 6.07) is 49.6. The number of para-hydroxylation sites is 2. The molecule has 9 rings (SSSR count). The summed E-state index contributed by atoms with van der Waals surface area (Å²) in [7, 11) is 0. The van der Waals surface area contributed by atoms with Crippen LogP contribution in [0.25, 0.3) is 88.9 Å². The molecule has 4 nitrogen and oxygen atoms in total. The molecule has 44 heavy (non-hydrogen) atoms. The summed E-state index contributed by atoms with van der Waals surface area (Å²) in [6.45, 7) is 0. The van der Waals surface area contributed by atoms with Crippen LogP contribution in [-0.4, -0.2) is 9.97 Å². The monoisotopic (exact) mass is 564 g/mol. The summed E-state index contributed by atoms with van der Waals surface area (Å²) in [5.74, 6) is 0.659. The fraction of sp³-hybridized carbons (Fsp3) is 0. The van der Waals surface area contributed by atoms with Crippen LogP contribution < -0.4 is 0 Å². The van der Waals surface area contributed by atoms with Crippen molar-refractivity contribution in [3.05, 3.63) is 146 Å². The molecular formula is C40H24N2O2. The van der Waals surface area contributed by atoms with E-state index >= 15 is 0 Å². The van der Waals surface area contributed by atoms with E-state index in [4.69, 9.17) is 18.8 Å². The molecule has 3 aromatic heterocycles. The van der Waals surface area contributed by atoms with Crippen LogP contribution in [0.15, 0.2) is 154 Å². The van der Waals surface area contributed by atoms with Gasteiger partial charge in [0.1, 0.15) is 22.3 Å². The summed E-state index contributed by atoms with van der Waals surface area (Å²) < 4.78 is 12.5. The molecule has 9 aromatic rings. The van der Waals surface area contributed by atoms with E-state index in [0.717, 1.165) is 77.5 Å². The average Bonchev–Trinajstić information content (AvgIpc) is 3.67. The normalized spacial score (nSPS) is 11.6. The van der Waals surface area contributed by atoms with Gasteiger partial charge in [-0.3, -0.25) is 0 Å². The minimum atomic E-state index is 0.659. The van der Waals surface area contributed by atoms with E-state index < -0.39 is 0 Å². The van der Waals surface area contributed by atoms with Crippen molar-refractivity contribution in [2.24, 2.45) is 0 Å². The number of aromatic nitrogens is 2. The highest BCUT2D eigenvalue weighted by Gasteiger charge is 2.19. The van der Waals surface area contributed by atoms with Gasteiger partial charge < -0.3 is 8.83 Å². The van der Waals surface area contributed by atoms with Gasteiger partial charge in [0.2, 0.25) is 0 Å². The first-order valence-corrected chi connectivity index (χ1v) is 14.7. The molecule has 6 aromatic carbocycles. The molecule has 0 N–H and O–H groups in total. The molecule has 0 fully saturated rings. The van der Waals surface area contributed by atoms with Crippen molar-refractivity contribution in [3.63, 3.8) is 0 Å². The van der Waals surface area contributed by atoms with Crippen LogP contribution in [-0.2, 0) is 0 Å². The van der Waals surface area contributed by atoms with Crippen LogP contribution in [0.4, 0.5) is 0 Å². The predicted molar refractivity (Wildman–Crippen MR) is 178 cm³/mol. The number of hydrogen-bond donors (Lipinski definition) is 0. The van der Waals surface area contributed by atoms with Crippen LogP contribution in [0.1, 0.15) is 0 Å². The second kappa shape index (κ2) is 9.79. The minimum Gasteiger partial charge on any atom is -0.456 e. The third kappa shape index (κ3) is 3.92. The first-order valence-electron chi connectivity index (χ1n) is 14.7. The number of nitrogens with zero attached hydrogens (tertiary/aromatic N) is 2. The lowest BCUT2D eigenvalue weighted by molar-refractivity contribution is 0.668. The zero-order valence-electron chi connectivity index (χ0n) is 23.6. The molecule has 3 heterocycles. The standard InChI is InChI=1S/C40H24N2O2/c1-2-10-25(11-3-1)26-20-22-27(23-21-26)40-41-32(28-14-8-18-36-38(28)30-12-4-6-16-34(30)43-36)24-33(42-40)29-15-9-19-37-39(29)31-13-5-7-17-35(31)44-37/h1-24H. The molecule has 206 valence electrons. The van der Waals surface area contributed by atoms with Crippen LogP contribution >= 0.6 is 0 Å². The van der Waals surface area contributed by atoms with E-state index in [9.17, 15) is 0 Å². The Morgan fingerprint density at radius 1 is 0.364 bits per heavy atom. The summed E-state index contributed by atoms with van der Waals surface area (Å²) in [5, 5.41) is 4.22. The van der Waals surface area contributed by atoms with Crippen molar-refractivity contribution >= 4 is 43.9 Å². The highest BCUT2D eigenvalue weighted by Crippen LogP contribution is 2.40. The van der Waals surface area contributed by atoms with Crippen LogP contribution in [0.3, 0.4) is 0 Å². The average molecular weight is 565 g/mol. The molecule has 0 aliphatic rings. The van der Waals surface area contributed by atoms with E-state index in [-0.39, 0.29) is 0 Å². The maximum absolute atomic E-state index is 6.24. The SMILES string of the molecule is c1ccc(-c2ccc(-c3nc(-c4cccc5oc6ccccc6c45)cc(-c4cccc5oc6ccccc6c45)n3)cc2)cc1. The fourth-order valence-electron chi connectivity index (χ4n) is 6.27. The van der Waals surface area contributed by atoms with E-state index in [1.54, 1.807) is 0 Å². The highest BCUT2D eigenvalue weighted by molar-refractivity contribution is 6.14. The second-order valence-electron chi connectivity index (χ2n) is 11.0. The number of furan rings is 2. The van der Waals surface area contributed by atoms with Gasteiger partial charge in [-0.05, 0) is 41.5 Å². The number of hydrogen-bond acceptors (Lipinski definition) is 4. The Morgan fingerprint density at radius 3 is 1.39 bits per heavy atom. The largest absolute Gasteiger partial charge is 0.456 e. The van der Waals surface area contributed by atoms with Gasteiger partial charge in [0.05, 0.1) is 11.4 Å². The summed E-state index contributed by atoms with van der Waals surface area (Å²) in [5.41, 5.74) is 10.3. The van der Waals surface area contributed by atoms with Crippen LogP contribution in [0.5, 0.6) is 0 Å². The molecule has 4 heteroatoms. The van der Waals surface area contributed by atoms with E-state index in [0.29, 0.717) is 5.82 Å². The molecule has 0 bridgehead atoms.